The average Bonchev–Trinajstić information content (AvgIpc) is 2.80. The number of benzene rings is 3. The van der Waals surface area contributed by atoms with E-state index in [0.717, 1.165) is 5.56 Å². The van der Waals surface area contributed by atoms with Gasteiger partial charge in [0.05, 0.1) is 37.9 Å². The monoisotopic (exact) mass is 756 g/mol. The van der Waals surface area contributed by atoms with Crippen LogP contribution in [0.25, 0.3) is 0 Å². The second kappa shape index (κ2) is 12.1. The minimum absolute atomic E-state index is 0.0577. The predicted octanol–water partition coefficient (Wildman–Crippen LogP) is 8.10. The SMILES string of the molecule is COc1cc(/C=N\NC(=O)c2cc(Br)cc(Br)c2O)c(Br)c(Br)c1OCc1ccc(Cl)c(Cl)c1. The highest BCUT2D eigenvalue weighted by Crippen LogP contribution is 2.42. The number of hydrazone groups is 1. The number of ether oxygens (including phenoxy) is 2. The van der Waals surface area contributed by atoms with E-state index in [9.17, 15) is 9.90 Å². The molecule has 12 heteroatoms. The van der Waals surface area contributed by atoms with Crippen LogP contribution >= 0.6 is 86.9 Å². The first kappa shape index (κ1) is 27.3. The van der Waals surface area contributed by atoms with E-state index >= 15 is 0 Å². The molecule has 6 nitrogen and oxygen atoms in total. The second-order valence-electron chi connectivity index (χ2n) is 6.65. The number of phenolic OH excluding ortho intramolecular Hbond substituents is 1. The van der Waals surface area contributed by atoms with E-state index in [0.29, 0.717) is 45.0 Å². The summed E-state index contributed by atoms with van der Waals surface area (Å²) in [5.74, 6) is 0.131. The zero-order chi connectivity index (χ0) is 25.0. The average molecular weight is 761 g/mol. The highest BCUT2D eigenvalue weighted by atomic mass is 79.9. The van der Waals surface area contributed by atoms with Crippen LogP contribution in [0.5, 0.6) is 17.2 Å². The second-order valence-corrected chi connectivity index (χ2v) is 10.8. The van der Waals surface area contributed by atoms with Crippen LogP contribution in [0.4, 0.5) is 0 Å². The number of halogens is 6. The van der Waals surface area contributed by atoms with E-state index in [-0.39, 0.29) is 17.9 Å². The van der Waals surface area contributed by atoms with Gasteiger partial charge in [-0.05, 0) is 83.7 Å². The summed E-state index contributed by atoms with van der Waals surface area (Å²) in [6.45, 7) is 0.230. The molecule has 0 radical (unpaired) electrons. The van der Waals surface area contributed by atoms with Gasteiger partial charge >= 0.3 is 0 Å². The third kappa shape index (κ3) is 6.47. The lowest BCUT2D eigenvalue weighted by Gasteiger charge is -2.15. The van der Waals surface area contributed by atoms with Crippen LogP contribution in [0.2, 0.25) is 10.0 Å². The fourth-order valence-electron chi connectivity index (χ4n) is 2.73. The summed E-state index contributed by atoms with van der Waals surface area (Å²) < 4.78 is 13.7. The quantitative estimate of drug-likeness (QED) is 0.189. The van der Waals surface area contributed by atoms with Gasteiger partial charge in [0.25, 0.3) is 5.91 Å². The van der Waals surface area contributed by atoms with Gasteiger partial charge in [-0.2, -0.15) is 5.10 Å². The van der Waals surface area contributed by atoms with E-state index in [1.165, 1.54) is 19.4 Å². The Morgan fingerprint density at radius 2 is 1.82 bits per heavy atom. The summed E-state index contributed by atoms with van der Waals surface area (Å²) in [6, 6.07) is 10.1. The molecule has 0 saturated heterocycles. The number of aromatic hydroxyl groups is 1. The Balaban J connectivity index is 1.79. The maximum Gasteiger partial charge on any atom is 0.275 e. The lowest BCUT2D eigenvalue weighted by atomic mass is 10.2. The first-order valence-corrected chi connectivity index (χ1v) is 13.2. The number of amides is 1. The molecule has 0 saturated carbocycles. The number of methoxy groups -OCH3 is 1. The molecule has 3 rings (SSSR count). The van der Waals surface area contributed by atoms with Crippen molar-refractivity contribution in [3.05, 3.63) is 81.0 Å². The van der Waals surface area contributed by atoms with Crippen LogP contribution < -0.4 is 14.9 Å². The topological polar surface area (TPSA) is 80.2 Å². The Labute approximate surface area is 239 Å². The van der Waals surface area contributed by atoms with Crippen molar-refractivity contribution in [3.8, 4) is 17.2 Å². The molecule has 1 amide bonds. The molecule has 0 fully saturated rings. The molecule has 34 heavy (non-hydrogen) atoms. The number of carbonyl (C=O) groups is 1. The van der Waals surface area contributed by atoms with E-state index in [1.807, 2.05) is 6.07 Å². The molecule has 0 heterocycles. The molecule has 0 spiro atoms. The van der Waals surface area contributed by atoms with Crippen LogP contribution in [0.1, 0.15) is 21.5 Å². The van der Waals surface area contributed by atoms with Gasteiger partial charge in [-0.3, -0.25) is 4.79 Å². The van der Waals surface area contributed by atoms with Gasteiger partial charge in [0, 0.05) is 14.5 Å². The van der Waals surface area contributed by atoms with E-state index in [2.05, 4.69) is 74.2 Å². The van der Waals surface area contributed by atoms with Gasteiger partial charge in [-0.25, -0.2) is 5.43 Å². The van der Waals surface area contributed by atoms with Crippen molar-refractivity contribution in [3.63, 3.8) is 0 Å². The Bertz CT molecular complexity index is 1290. The number of rotatable bonds is 7. The minimum atomic E-state index is -0.584. The summed E-state index contributed by atoms with van der Waals surface area (Å²) in [7, 11) is 1.51. The Hall–Kier alpha value is -1.30. The van der Waals surface area contributed by atoms with Gasteiger partial charge in [-0.1, -0.05) is 45.2 Å². The van der Waals surface area contributed by atoms with Gasteiger partial charge in [0.2, 0.25) is 0 Å². The number of hydrogen-bond donors (Lipinski definition) is 2. The molecule has 0 aliphatic carbocycles. The molecule has 3 aromatic rings. The van der Waals surface area contributed by atoms with Crippen LogP contribution in [0.15, 0.2) is 59.4 Å². The Kier molecular flexibility index (Phi) is 9.71. The van der Waals surface area contributed by atoms with E-state index in [4.69, 9.17) is 32.7 Å². The normalized spacial score (nSPS) is 11.0. The first-order valence-electron chi connectivity index (χ1n) is 9.26. The molecular weight excluding hydrogens is 747 g/mol. The minimum Gasteiger partial charge on any atom is -0.506 e. The molecule has 0 aliphatic rings. The zero-order valence-electron chi connectivity index (χ0n) is 17.1. The number of phenols is 1. The van der Waals surface area contributed by atoms with Crippen molar-refractivity contribution in [1.82, 2.24) is 5.43 Å². The van der Waals surface area contributed by atoms with Crippen LogP contribution in [-0.2, 0) is 6.61 Å². The molecule has 2 N–H and O–H groups in total. The third-order valence-corrected chi connectivity index (χ3v) is 8.33. The van der Waals surface area contributed by atoms with Gasteiger partial charge in [0.1, 0.15) is 12.4 Å². The lowest BCUT2D eigenvalue weighted by molar-refractivity contribution is 0.0952. The molecule has 0 atom stereocenters. The molecule has 178 valence electrons. The maximum absolute atomic E-state index is 12.4. The van der Waals surface area contributed by atoms with E-state index < -0.39 is 5.91 Å². The van der Waals surface area contributed by atoms with Crippen molar-refractivity contribution in [2.45, 2.75) is 6.61 Å². The summed E-state index contributed by atoms with van der Waals surface area (Å²) in [4.78, 5) is 12.4. The molecular formula is C22H14Br4Cl2N2O4. The molecule has 0 aromatic heterocycles. The largest absolute Gasteiger partial charge is 0.506 e. The molecule has 0 unspecified atom stereocenters. The molecule has 0 aliphatic heterocycles. The molecule has 0 bridgehead atoms. The van der Waals surface area contributed by atoms with E-state index in [1.54, 1.807) is 24.3 Å². The van der Waals surface area contributed by atoms with Gasteiger partial charge in [0.15, 0.2) is 11.5 Å². The smallest absolute Gasteiger partial charge is 0.275 e. The van der Waals surface area contributed by atoms with Crippen LogP contribution in [0, 0.1) is 0 Å². The summed E-state index contributed by atoms with van der Waals surface area (Å²) in [6.07, 6.45) is 1.43. The zero-order valence-corrected chi connectivity index (χ0v) is 25.0. The summed E-state index contributed by atoms with van der Waals surface area (Å²) in [5.41, 5.74) is 3.88. The highest BCUT2D eigenvalue weighted by molar-refractivity contribution is 9.13. The standard InChI is InChI=1S/C22H14Br4Cl2N2O4/c1-33-17-5-11(8-29-30-22(32)13-6-12(23)7-14(24)20(13)31)18(25)19(26)21(17)34-9-10-2-3-15(27)16(28)4-10/h2-8,31H,9H2,1H3,(H,30,32)/b29-8-. The van der Waals surface area contributed by atoms with Gasteiger partial charge in [-0.15, -0.1) is 0 Å². The Morgan fingerprint density at radius 3 is 2.50 bits per heavy atom. The fourth-order valence-corrected chi connectivity index (χ4v) is 5.21. The Morgan fingerprint density at radius 1 is 1.09 bits per heavy atom. The number of carbonyl (C=O) groups excluding carboxylic acids is 1. The predicted molar refractivity (Wildman–Crippen MR) is 148 cm³/mol. The van der Waals surface area contributed by atoms with Crippen molar-refractivity contribution < 1.29 is 19.4 Å². The third-order valence-electron chi connectivity index (χ3n) is 4.39. The van der Waals surface area contributed by atoms with Crippen molar-refractivity contribution in [2.75, 3.05) is 7.11 Å². The highest BCUT2D eigenvalue weighted by Gasteiger charge is 2.18. The summed E-state index contributed by atoms with van der Waals surface area (Å²) >= 11 is 25.5. The van der Waals surface area contributed by atoms with Crippen LogP contribution in [-0.4, -0.2) is 24.3 Å². The maximum atomic E-state index is 12.4. The van der Waals surface area contributed by atoms with Gasteiger partial charge < -0.3 is 14.6 Å². The summed E-state index contributed by atoms with van der Waals surface area (Å²) in [5, 5.41) is 15.0. The molecule has 3 aromatic carbocycles. The lowest BCUT2D eigenvalue weighted by Crippen LogP contribution is -2.18. The fraction of sp³-hybridized carbons (Fsp3) is 0.0909. The van der Waals surface area contributed by atoms with Crippen LogP contribution in [0.3, 0.4) is 0 Å². The van der Waals surface area contributed by atoms with Crippen molar-refractivity contribution >= 4 is 99.0 Å². The number of nitrogens with one attached hydrogen (secondary N) is 1. The van der Waals surface area contributed by atoms with Crippen molar-refractivity contribution in [1.29, 1.82) is 0 Å². The van der Waals surface area contributed by atoms with Crippen molar-refractivity contribution in [2.24, 2.45) is 5.10 Å². The first-order chi connectivity index (χ1) is 16.1. The number of hydrogen-bond acceptors (Lipinski definition) is 5. The number of nitrogens with zero attached hydrogens (tertiary/aromatic N) is 1.